The molecule has 3 nitrogen and oxygen atoms in total. The molecule has 4 heteroatoms. The van der Waals surface area contributed by atoms with Gasteiger partial charge in [-0.15, -0.1) is 5.10 Å². The van der Waals surface area contributed by atoms with Crippen LogP contribution in [-0.4, -0.2) is 16.1 Å². The van der Waals surface area contributed by atoms with Gasteiger partial charge >= 0.3 is 0 Å². The Labute approximate surface area is 99.7 Å². The molecule has 0 unspecified atom stereocenters. The number of nitrogens with zero attached hydrogens (tertiary/aromatic N) is 2. The number of rotatable bonds is 5. The molecule has 1 aromatic heterocycles. The van der Waals surface area contributed by atoms with Gasteiger partial charge in [-0.2, -0.15) is 0 Å². The van der Waals surface area contributed by atoms with E-state index in [1.807, 2.05) is 18.2 Å². The smallest absolute Gasteiger partial charge is 0.110 e. The highest BCUT2D eigenvalue weighted by atomic mass is 32.1. The lowest BCUT2D eigenvalue weighted by Gasteiger charge is -2.02. The van der Waals surface area contributed by atoms with E-state index in [1.54, 1.807) is 0 Å². The average Bonchev–Trinajstić information content (AvgIpc) is 2.79. The molecule has 0 amide bonds. The number of hydrogen-bond acceptors (Lipinski definition) is 4. The SMILES string of the molecule is CCCNCc1snnc1-c1ccccc1. The van der Waals surface area contributed by atoms with E-state index in [-0.39, 0.29) is 0 Å². The first-order valence-corrected chi connectivity index (χ1v) is 6.26. The highest BCUT2D eigenvalue weighted by Gasteiger charge is 2.08. The highest BCUT2D eigenvalue weighted by Crippen LogP contribution is 2.23. The van der Waals surface area contributed by atoms with Gasteiger partial charge in [0.05, 0.1) is 4.88 Å². The molecule has 2 rings (SSSR count). The fourth-order valence-corrected chi connectivity index (χ4v) is 2.15. The van der Waals surface area contributed by atoms with Gasteiger partial charge < -0.3 is 5.32 Å². The summed E-state index contributed by atoms with van der Waals surface area (Å²) < 4.78 is 4.03. The van der Waals surface area contributed by atoms with E-state index >= 15 is 0 Å². The van der Waals surface area contributed by atoms with Crippen LogP contribution >= 0.6 is 11.5 Å². The summed E-state index contributed by atoms with van der Waals surface area (Å²) in [6.07, 6.45) is 1.15. The molecular weight excluding hydrogens is 218 g/mol. The standard InChI is InChI=1S/C12H15N3S/c1-2-8-13-9-11-12(14-15-16-11)10-6-4-3-5-7-10/h3-7,13H,2,8-9H2,1H3. The Morgan fingerprint density at radius 2 is 2.06 bits per heavy atom. The molecule has 0 saturated carbocycles. The normalized spacial score (nSPS) is 10.6. The Hall–Kier alpha value is -1.26. The van der Waals surface area contributed by atoms with Crippen molar-refractivity contribution in [1.29, 1.82) is 0 Å². The molecule has 1 N–H and O–H groups in total. The minimum Gasteiger partial charge on any atom is -0.312 e. The summed E-state index contributed by atoms with van der Waals surface area (Å²) in [6, 6.07) is 10.2. The summed E-state index contributed by atoms with van der Waals surface area (Å²) in [7, 11) is 0. The Morgan fingerprint density at radius 3 is 2.81 bits per heavy atom. The van der Waals surface area contributed by atoms with Crippen LogP contribution in [0, 0.1) is 0 Å². The van der Waals surface area contributed by atoms with Gasteiger partial charge in [0.2, 0.25) is 0 Å². The lowest BCUT2D eigenvalue weighted by molar-refractivity contribution is 0.681. The third kappa shape index (κ3) is 2.65. The maximum absolute atomic E-state index is 4.19. The van der Waals surface area contributed by atoms with E-state index in [0.717, 1.165) is 30.8 Å². The number of benzene rings is 1. The second kappa shape index (κ2) is 5.72. The monoisotopic (exact) mass is 233 g/mol. The second-order valence-electron chi connectivity index (χ2n) is 3.59. The van der Waals surface area contributed by atoms with Crippen LogP contribution in [0.3, 0.4) is 0 Å². The van der Waals surface area contributed by atoms with E-state index < -0.39 is 0 Å². The largest absolute Gasteiger partial charge is 0.312 e. The molecule has 84 valence electrons. The zero-order valence-electron chi connectivity index (χ0n) is 9.31. The van der Waals surface area contributed by atoms with E-state index in [9.17, 15) is 0 Å². The maximum Gasteiger partial charge on any atom is 0.110 e. The van der Waals surface area contributed by atoms with E-state index in [2.05, 4.69) is 34.0 Å². The van der Waals surface area contributed by atoms with Crippen molar-refractivity contribution in [3.05, 3.63) is 35.2 Å². The molecule has 0 radical (unpaired) electrons. The number of hydrogen-bond donors (Lipinski definition) is 1. The van der Waals surface area contributed by atoms with Gasteiger partial charge in [-0.1, -0.05) is 41.7 Å². The van der Waals surface area contributed by atoms with Crippen molar-refractivity contribution in [1.82, 2.24) is 14.9 Å². The summed E-state index contributed by atoms with van der Waals surface area (Å²) in [6.45, 7) is 4.05. The third-order valence-electron chi connectivity index (χ3n) is 2.32. The zero-order chi connectivity index (χ0) is 11.2. The minimum atomic E-state index is 0.857. The topological polar surface area (TPSA) is 37.8 Å². The van der Waals surface area contributed by atoms with Gasteiger partial charge in [-0.05, 0) is 24.5 Å². The Morgan fingerprint density at radius 1 is 1.25 bits per heavy atom. The predicted molar refractivity (Wildman–Crippen MR) is 67.3 cm³/mol. The molecule has 1 aromatic carbocycles. The summed E-state index contributed by atoms with van der Waals surface area (Å²) >= 11 is 1.47. The maximum atomic E-state index is 4.19. The summed E-state index contributed by atoms with van der Waals surface area (Å²) in [4.78, 5) is 1.21. The molecule has 0 atom stereocenters. The highest BCUT2D eigenvalue weighted by molar-refractivity contribution is 7.05. The zero-order valence-corrected chi connectivity index (χ0v) is 10.1. The van der Waals surface area contributed by atoms with Crippen molar-refractivity contribution in [2.45, 2.75) is 19.9 Å². The van der Waals surface area contributed by atoms with Crippen LogP contribution in [0.15, 0.2) is 30.3 Å². The molecule has 0 bridgehead atoms. The first kappa shape index (κ1) is 11.2. The first-order chi connectivity index (χ1) is 7.92. The van der Waals surface area contributed by atoms with Gasteiger partial charge in [0, 0.05) is 12.1 Å². The van der Waals surface area contributed by atoms with Crippen molar-refractivity contribution < 1.29 is 0 Å². The van der Waals surface area contributed by atoms with Crippen molar-refractivity contribution >= 4 is 11.5 Å². The van der Waals surface area contributed by atoms with Crippen LogP contribution in [0.2, 0.25) is 0 Å². The van der Waals surface area contributed by atoms with Crippen LogP contribution in [0.25, 0.3) is 11.3 Å². The van der Waals surface area contributed by atoms with E-state index in [1.165, 1.54) is 16.4 Å². The molecule has 0 spiro atoms. The molecule has 2 aromatic rings. The van der Waals surface area contributed by atoms with Crippen LogP contribution in [0.5, 0.6) is 0 Å². The van der Waals surface area contributed by atoms with Crippen molar-refractivity contribution in [2.24, 2.45) is 0 Å². The van der Waals surface area contributed by atoms with Gasteiger partial charge in [0.25, 0.3) is 0 Å². The number of nitrogens with one attached hydrogen (secondary N) is 1. The van der Waals surface area contributed by atoms with Crippen LogP contribution in [0.4, 0.5) is 0 Å². The fraction of sp³-hybridized carbons (Fsp3) is 0.333. The molecule has 0 aliphatic heterocycles. The van der Waals surface area contributed by atoms with Crippen molar-refractivity contribution in [2.75, 3.05) is 6.54 Å². The predicted octanol–water partition coefficient (Wildman–Crippen LogP) is 2.70. The average molecular weight is 233 g/mol. The van der Waals surface area contributed by atoms with Gasteiger partial charge in [-0.3, -0.25) is 0 Å². The molecule has 0 aliphatic carbocycles. The second-order valence-corrected chi connectivity index (χ2v) is 4.43. The summed E-state index contributed by atoms with van der Waals surface area (Å²) in [5.41, 5.74) is 2.15. The van der Waals surface area contributed by atoms with Crippen molar-refractivity contribution in [3.63, 3.8) is 0 Å². The van der Waals surface area contributed by atoms with E-state index in [4.69, 9.17) is 0 Å². The summed E-state index contributed by atoms with van der Waals surface area (Å²) in [5.74, 6) is 0. The quantitative estimate of drug-likeness (QED) is 0.807. The Bertz CT molecular complexity index is 425. The molecule has 0 saturated heterocycles. The molecule has 16 heavy (non-hydrogen) atoms. The van der Waals surface area contributed by atoms with Crippen LogP contribution < -0.4 is 5.32 Å². The fourth-order valence-electron chi connectivity index (χ4n) is 1.52. The summed E-state index contributed by atoms with van der Waals surface area (Å²) in [5, 5.41) is 7.57. The van der Waals surface area contributed by atoms with Gasteiger partial charge in [0.1, 0.15) is 5.69 Å². The van der Waals surface area contributed by atoms with E-state index in [0.29, 0.717) is 0 Å². The molecule has 0 fully saturated rings. The van der Waals surface area contributed by atoms with Gasteiger partial charge in [0.15, 0.2) is 0 Å². The third-order valence-corrected chi connectivity index (χ3v) is 3.04. The van der Waals surface area contributed by atoms with Crippen LogP contribution in [-0.2, 0) is 6.54 Å². The number of aromatic nitrogens is 2. The molecular formula is C12H15N3S. The molecule has 0 aliphatic rings. The lowest BCUT2D eigenvalue weighted by atomic mass is 10.1. The first-order valence-electron chi connectivity index (χ1n) is 5.49. The molecule has 1 heterocycles. The Balaban J connectivity index is 2.13. The minimum absolute atomic E-state index is 0.857. The van der Waals surface area contributed by atoms with Crippen LogP contribution in [0.1, 0.15) is 18.2 Å². The van der Waals surface area contributed by atoms with Crippen molar-refractivity contribution in [3.8, 4) is 11.3 Å². The van der Waals surface area contributed by atoms with Gasteiger partial charge in [-0.25, -0.2) is 0 Å². The Kier molecular flexibility index (Phi) is 4.02. The lowest BCUT2D eigenvalue weighted by Crippen LogP contribution is -2.13.